The van der Waals surface area contributed by atoms with Crippen molar-refractivity contribution in [3.05, 3.63) is 59.4 Å². The van der Waals surface area contributed by atoms with Crippen LogP contribution in [0.1, 0.15) is 36.0 Å². The Hall–Kier alpha value is -2.76. The number of nitrogens with one attached hydrogen (secondary N) is 1. The SMILES string of the molecule is BC1=CCCC=C1C1CCCN1C(=O)c1ccc(-c2cn[nH]c2)c(OC)c1. The molecule has 2 heterocycles. The summed E-state index contributed by atoms with van der Waals surface area (Å²) in [6.45, 7) is 0.805. The standard InChI is InChI=1S/C21H24BN3O2/c1-27-20-11-14(8-9-16(20)15-12-23-24-13-15)21(26)25-10-4-7-19(25)17-5-2-3-6-18(17)22/h5-6,8-9,11-13,19H,2-4,7,10,22H2,1H3,(H,23,24). The van der Waals surface area contributed by atoms with Gasteiger partial charge in [-0.3, -0.25) is 9.89 Å². The van der Waals surface area contributed by atoms with Gasteiger partial charge in [0.15, 0.2) is 0 Å². The van der Waals surface area contributed by atoms with Gasteiger partial charge in [-0.15, -0.1) is 0 Å². The maximum Gasteiger partial charge on any atom is 0.254 e. The molecule has 0 bridgehead atoms. The number of hydrogen-bond acceptors (Lipinski definition) is 3. The van der Waals surface area contributed by atoms with Crippen LogP contribution in [0.25, 0.3) is 11.1 Å². The Balaban J connectivity index is 1.62. The zero-order valence-electron chi connectivity index (χ0n) is 15.9. The van der Waals surface area contributed by atoms with Gasteiger partial charge in [-0.25, -0.2) is 0 Å². The summed E-state index contributed by atoms with van der Waals surface area (Å²) in [6.07, 6.45) is 12.4. The van der Waals surface area contributed by atoms with E-state index in [1.165, 1.54) is 11.0 Å². The summed E-state index contributed by atoms with van der Waals surface area (Å²) in [5.41, 5.74) is 5.18. The molecule has 1 atom stereocenters. The number of aromatic amines is 1. The molecule has 1 aromatic heterocycles. The predicted molar refractivity (Wildman–Crippen MR) is 109 cm³/mol. The maximum absolute atomic E-state index is 13.3. The Morgan fingerprint density at radius 1 is 1.33 bits per heavy atom. The molecule has 5 nitrogen and oxygen atoms in total. The van der Waals surface area contributed by atoms with Crippen molar-refractivity contribution in [1.29, 1.82) is 0 Å². The number of aromatic nitrogens is 2. The Bertz CT molecular complexity index is 902. The van der Waals surface area contributed by atoms with Crippen molar-refractivity contribution in [3.8, 4) is 16.9 Å². The number of likely N-dealkylation sites (tertiary alicyclic amines) is 1. The number of ether oxygens (including phenoxy) is 1. The molecular weight excluding hydrogens is 337 g/mol. The fraction of sp³-hybridized carbons (Fsp3) is 0.333. The number of carbonyl (C=O) groups is 1. The minimum atomic E-state index is 0.0776. The molecule has 2 aromatic rings. The highest BCUT2D eigenvalue weighted by atomic mass is 16.5. The van der Waals surface area contributed by atoms with Crippen LogP contribution < -0.4 is 4.74 Å². The molecule has 1 fully saturated rings. The average Bonchev–Trinajstić information content (AvgIpc) is 3.39. The lowest BCUT2D eigenvalue weighted by atomic mass is 9.79. The van der Waals surface area contributed by atoms with E-state index in [1.807, 2.05) is 29.3 Å². The fourth-order valence-corrected chi connectivity index (χ4v) is 4.18. The quantitative estimate of drug-likeness (QED) is 0.852. The zero-order valence-corrected chi connectivity index (χ0v) is 15.9. The van der Waals surface area contributed by atoms with E-state index in [2.05, 4.69) is 30.2 Å². The van der Waals surface area contributed by atoms with Crippen molar-refractivity contribution < 1.29 is 9.53 Å². The van der Waals surface area contributed by atoms with Crippen LogP contribution in [0.15, 0.2) is 53.8 Å². The molecule has 27 heavy (non-hydrogen) atoms. The molecule has 4 rings (SSSR count). The van der Waals surface area contributed by atoms with E-state index in [0.717, 1.165) is 43.4 Å². The van der Waals surface area contributed by atoms with Gasteiger partial charge in [0.05, 0.1) is 19.3 Å². The van der Waals surface area contributed by atoms with Gasteiger partial charge < -0.3 is 9.64 Å². The third-order valence-corrected chi connectivity index (χ3v) is 5.57. The molecule has 0 radical (unpaired) electrons. The van der Waals surface area contributed by atoms with Crippen LogP contribution in [0.4, 0.5) is 0 Å². The first-order chi connectivity index (χ1) is 13.2. The Labute approximate surface area is 160 Å². The second-order valence-corrected chi connectivity index (χ2v) is 7.18. The normalized spacial score (nSPS) is 19.6. The van der Waals surface area contributed by atoms with E-state index in [4.69, 9.17) is 4.74 Å². The van der Waals surface area contributed by atoms with Crippen molar-refractivity contribution in [2.75, 3.05) is 13.7 Å². The molecule has 1 unspecified atom stereocenters. The van der Waals surface area contributed by atoms with Crippen LogP contribution >= 0.6 is 0 Å². The van der Waals surface area contributed by atoms with Gasteiger partial charge in [0.2, 0.25) is 0 Å². The summed E-state index contributed by atoms with van der Waals surface area (Å²) in [7, 11) is 3.79. The van der Waals surface area contributed by atoms with E-state index >= 15 is 0 Å². The van der Waals surface area contributed by atoms with E-state index in [-0.39, 0.29) is 11.9 Å². The van der Waals surface area contributed by atoms with Gasteiger partial charge >= 0.3 is 0 Å². The van der Waals surface area contributed by atoms with E-state index < -0.39 is 0 Å². The van der Waals surface area contributed by atoms with E-state index in [9.17, 15) is 4.79 Å². The first kappa shape index (κ1) is 17.6. The van der Waals surface area contributed by atoms with E-state index in [0.29, 0.717) is 11.3 Å². The van der Waals surface area contributed by atoms with Gasteiger partial charge in [-0.2, -0.15) is 5.10 Å². The third kappa shape index (κ3) is 3.32. The molecule has 1 aromatic carbocycles. The van der Waals surface area contributed by atoms with Crippen molar-refractivity contribution >= 4 is 13.8 Å². The Morgan fingerprint density at radius 2 is 2.19 bits per heavy atom. The van der Waals surface area contributed by atoms with E-state index in [1.54, 1.807) is 13.3 Å². The van der Waals surface area contributed by atoms with Crippen molar-refractivity contribution in [1.82, 2.24) is 15.1 Å². The summed E-state index contributed by atoms with van der Waals surface area (Å²) < 4.78 is 5.55. The lowest BCUT2D eigenvalue weighted by Crippen LogP contribution is -2.37. The Morgan fingerprint density at radius 3 is 2.93 bits per heavy atom. The second-order valence-electron chi connectivity index (χ2n) is 7.18. The lowest BCUT2D eigenvalue weighted by Gasteiger charge is -2.29. The highest BCUT2D eigenvalue weighted by molar-refractivity contribution is 6.24. The zero-order chi connectivity index (χ0) is 18.8. The minimum Gasteiger partial charge on any atom is -0.496 e. The van der Waals surface area contributed by atoms with Crippen LogP contribution in [-0.4, -0.2) is 48.5 Å². The highest BCUT2D eigenvalue weighted by Gasteiger charge is 2.33. The molecule has 1 amide bonds. The van der Waals surface area contributed by atoms with Crippen LogP contribution in [0, 0.1) is 0 Å². The number of rotatable bonds is 4. The molecular formula is C21H24BN3O2. The van der Waals surface area contributed by atoms with Crippen LogP contribution in [0.5, 0.6) is 5.75 Å². The summed E-state index contributed by atoms with van der Waals surface area (Å²) >= 11 is 0. The van der Waals surface area contributed by atoms with Crippen LogP contribution in [-0.2, 0) is 0 Å². The van der Waals surface area contributed by atoms with Crippen molar-refractivity contribution in [3.63, 3.8) is 0 Å². The monoisotopic (exact) mass is 361 g/mol. The molecule has 1 N–H and O–H groups in total. The number of nitrogens with zero attached hydrogens (tertiary/aromatic N) is 2. The summed E-state index contributed by atoms with van der Waals surface area (Å²) in [5, 5.41) is 6.81. The van der Waals surface area contributed by atoms with Crippen LogP contribution in [0.2, 0.25) is 0 Å². The first-order valence-corrected chi connectivity index (χ1v) is 9.54. The van der Waals surface area contributed by atoms with Gasteiger partial charge in [0, 0.05) is 29.4 Å². The molecule has 1 aliphatic carbocycles. The molecule has 0 spiro atoms. The van der Waals surface area contributed by atoms with Crippen molar-refractivity contribution in [2.24, 2.45) is 0 Å². The maximum atomic E-state index is 13.3. The van der Waals surface area contributed by atoms with Gasteiger partial charge in [0.25, 0.3) is 5.91 Å². The molecule has 6 heteroatoms. The number of benzene rings is 1. The number of allylic oxidation sites excluding steroid dienone is 2. The smallest absolute Gasteiger partial charge is 0.254 e. The minimum absolute atomic E-state index is 0.0776. The number of methoxy groups -OCH3 is 1. The largest absolute Gasteiger partial charge is 0.496 e. The van der Waals surface area contributed by atoms with Crippen molar-refractivity contribution in [2.45, 2.75) is 31.7 Å². The predicted octanol–water partition coefficient (Wildman–Crippen LogP) is 2.93. The van der Waals surface area contributed by atoms with Gasteiger partial charge in [-0.1, -0.05) is 17.6 Å². The lowest BCUT2D eigenvalue weighted by molar-refractivity contribution is 0.0756. The number of hydrogen-bond donors (Lipinski definition) is 1. The van der Waals surface area contributed by atoms with Gasteiger partial charge in [0.1, 0.15) is 13.6 Å². The summed E-state index contributed by atoms with van der Waals surface area (Å²) in [4.78, 5) is 15.3. The fourth-order valence-electron chi connectivity index (χ4n) is 4.18. The Kier molecular flexibility index (Phi) is 4.88. The average molecular weight is 361 g/mol. The number of carbonyl (C=O) groups excluding carboxylic acids is 1. The number of H-pyrrole nitrogens is 1. The summed E-state index contributed by atoms with van der Waals surface area (Å²) in [6, 6.07) is 5.86. The second kappa shape index (κ2) is 7.47. The topological polar surface area (TPSA) is 58.2 Å². The first-order valence-electron chi connectivity index (χ1n) is 9.54. The summed E-state index contributed by atoms with van der Waals surface area (Å²) in [5.74, 6) is 0.764. The molecule has 138 valence electrons. The molecule has 2 aliphatic rings. The third-order valence-electron chi connectivity index (χ3n) is 5.57. The highest BCUT2D eigenvalue weighted by Crippen LogP contribution is 2.34. The van der Waals surface area contributed by atoms with Crippen LogP contribution in [0.3, 0.4) is 0 Å². The molecule has 1 aliphatic heterocycles. The number of amides is 1. The van der Waals surface area contributed by atoms with Gasteiger partial charge in [-0.05, 0) is 49.5 Å². The molecule has 1 saturated heterocycles. The molecule has 0 saturated carbocycles.